The Balaban J connectivity index is 1.47. The molecule has 0 bridgehead atoms. The molecule has 46 heavy (non-hydrogen) atoms. The van der Waals surface area contributed by atoms with Gasteiger partial charge in [0.1, 0.15) is 25.0 Å². The van der Waals surface area contributed by atoms with E-state index in [2.05, 4.69) is 21.3 Å². The maximum absolute atomic E-state index is 13.7. The highest BCUT2D eigenvalue weighted by Crippen LogP contribution is 2.20. The SMILES string of the molecule is CC(C)C[C@H](NC(=O)[C@H](Cc1ccc(-c2ccccc2)cc1)NC(=O)OCc1ccccc1)C(=O)N[C@H](C=O)C[C@@H]1CCNC1=O. The lowest BCUT2D eigenvalue weighted by molar-refractivity contribution is -0.131. The van der Waals surface area contributed by atoms with Crippen LogP contribution in [0.15, 0.2) is 84.9 Å². The summed E-state index contributed by atoms with van der Waals surface area (Å²) in [4.78, 5) is 63.8. The van der Waals surface area contributed by atoms with Gasteiger partial charge in [-0.25, -0.2) is 4.79 Å². The zero-order valence-electron chi connectivity index (χ0n) is 26.2. The minimum absolute atomic E-state index is 0.0251. The summed E-state index contributed by atoms with van der Waals surface area (Å²) in [5.41, 5.74) is 3.65. The first-order valence-electron chi connectivity index (χ1n) is 15.7. The van der Waals surface area contributed by atoms with Crippen LogP contribution in [-0.2, 0) is 36.9 Å². The van der Waals surface area contributed by atoms with Crippen LogP contribution >= 0.6 is 0 Å². The Morgan fingerprint density at radius 3 is 2.07 bits per heavy atom. The largest absolute Gasteiger partial charge is 0.445 e. The van der Waals surface area contributed by atoms with Crippen LogP contribution in [0.25, 0.3) is 11.1 Å². The number of amides is 4. The van der Waals surface area contributed by atoms with E-state index in [4.69, 9.17) is 4.74 Å². The number of aldehydes is 1. The molecule has 0 aromatic heterocycles. The second-order valence-corrected chi connectivity index (χ2v) is 12.0. The maximum Gasteiger partial charge on any atom is 0.408 e. The number of carbonyl (C=O) groups is 5. The molecule has 4 amide bonds. The lowest BCUT2D eigenvalue weighted by Gasteiger charge is -2.25. The molecular formula is C36H42N4O6. The lowest BCUT2D eigenvalue weighted by Crippen LogP contribution is -2.56. The number of rotatable bonds is 15. The van der Waals surface area contributed by atoms with Gasteiger partial charge in [-0.15, -0.1) is 0 Å². The number of ether oxygens (including phenoxy) is 1. The van der Waals surface area contributed by atoms with Crippen molar-refractivity contribution >= 4 is 30.1 Å². The summed E-state index contributed by atoms with van der Waals surface area (Å²) in [5.74, 6) is -1.58. The molecule has 3 aromatic carbocycles. The minimum Gasteiger partial charge on any atom is -0.445 e. The molecule has 10 heteroatoms. The van der Waals surface area contributed by atoms with Gasteiger partial charge in [-0.1, -0.05) is 98.8 Å². The van der Waals surface area contributed by atoms with Crippen LogP contribution in [0.1, 0.15) is 44.2 Å². The molecule has 1 aliphatic rings. The summed E-state index contributed by atoms with van der Waals surface area (Å²) >= 11 is 0. The molecule has 0 aliphatic carbocycles. The first kappa shape index (κ1) is 33.9. The quantitative estimate of drug-likeness (QED) is 0.188. The average Bonchev–Trinajstić information content (AvgIpc) is 3.47. The monoisotopic (exact) mass is 626 g/mol. The topological polar surface area (TPSA) is 143 Å². The molecule has 1 heterocycles. The zero-order valence-corrected chi connectivity index (χ0v) is 26.2. The Hall–Kier alpha value is -4.99. The van der Waals surface area contributed by atoms with Crippen molar-refractivity contribution in [1.29, 1.82) is 0 Å². The van der Waals surface area contributed by atoms with Gasteiger partial charge in [0.2, 0.25) is 17.7 Å². The van der Waals surface area contributed by atoms with E-state index in [0.29, 0.717) is 25.7 Å². The smallest absolute Gasteiger partial charge is 0.408 e. The molecule has 4 atom stereocenters. The van der Waals surface area contributed by atoms with Crippen molar-refractivity contribution in [2.45, 2.75) is 64.3 Å². The van der Waals surface area contributed by atoms with E-state index in [9.17, 15) is 24.0 Å². The van der Waals surface area contributed by atoms with Gasteiger partial charge >= 0.3 is 6.09 Å². The van der Waals surface area contributed by atoms with Crippen LogP contribution in [0.3, 0.4) is 0 Å². The van der Waals surface area contributed by atoms with E-state index in [-0.39, 0.29) is 37.2 Å². The highest BCUT2D eigenvalue weighted by Gasteiger charge is 2.31. The number of hydrogen-bond donors (Lipinski definition) is 4. The number of carbonyl (C=O) groups excluding carboxylic acids is 5. The maximum atomic E-state index is 13.7. The van der Waals surface area contributed by atoms with E-state index in [1.807, 2.05) is 98.8 Å². The molecule has 4 rings (SSSR count). The summed E-state index contributed by atoms with van der Waals surface area (Å²) in [5, 5.41) is 10.9. The fourth-order valence-corrected chi connectivity index (χ4v) is 5.40. The predicted molar refractivity (Wildman–Crippen MR) is 174 cm³/mol. The first-order valence-corrected chi connectivity index (χ1v) is 15.7. The van der Waals surface area contributed by atoms with Crippen LogP contribution in [0, 0.1) is 11.8 Å². The fraction of sp³-hybridized carbons (Fsp3) is 0.361. The normalized spacial score (nSPS) is 16.1. The predicted octanol–water partition coefficient (Wildman–Crippen LogP) is 3.93. The second kappa shape index (κ2) is 16.9. The highest BCUT2D eigenvalue weighted by atomic mass is 16.5. The van der Waals surface area contributed by atoms with Gasteiger partial charge in [-0.3, -0.25) is 14.4 Å². The average molecular weight is 627 g/mol. The molecular weight excluding hydrogens is 584 g/mol. The van der Waals surface area contributed by atoms with Crippen molar-refractivity contribution in [3.8, 4) is 11.1 Å². The van der Waals surface area contributed by atoms with E-state index in [0.717, 1.165) is 22.3 Å². The molecule has 3 aromatic rings. The van der Waals surface area contributed by atoms with E-state index in [1.54, 1.807) is 0 Å². The number of alkyl carbamates (subject to hydrolysis) is 1. The van der Waals surface area contributed by atoms with Gasteiger partial charge in [0.15, 0.2) is 0 Å². The molecule has 0 spiro atoms. The van der Waals surface area contributed by atoms with Crippen molar-refractivity contribution in [2.24, 2.45) is 11.8 Å². The van der Waals surface area contributed by atoms with Gasteiger partial charge in [-0.05, 0) is 47.4 Å². The molecule has 1 fully saturated rings. The molecule has 1 aliphatic heterocycles. The molecule has 0 radical (unpaired) electrons. The lowest BCUT2D eigenvalue weighted by atomic mass is 9.97. The van der Waals surface area contributed by atoms with E-state index < -0.39 is 36.0 Å². The second-order valence-electron chi connectivity index (χ2n) is 12.0. The summed E-state index contributed by atoms with van der Waals surface area (Å²) in [6, 6.07) is 23.8. The molecule has 4 N–H and O–H groups in total. The molecule has 0 saturated carbocycles. The van der Waals surface area contributed by atoms with Crippen LogP contribution < -0.4 is 21.3 Å². The van der Waals surface area contributed by atoms with Crippen molar-refractivity contribution in [1.82, 2.24) is 21.3 Å². The Morgan fingerprint density at radius 2 is 1.46 bits per heavy atom. The summed E-state index contributed by atoms with van der Waals surface area (Å²) in [6.07, 6.45) is 1.05. The third-order valence-electron chi connectivity index (χ3n) is 7.86. The number of hydrogen-bond acceptors (Lipinski definition) is 6. The van der Waals surface area contributed by atoms with Crippen molar-refractivity contribution < 1.29 is 28.7 Å². The van der Waals surface area contributed by atoms with Crippen molar-refractivity contribution in [3.05, 3.63) is 96.1 Å². The number of nitrogens with one attached hydrogen (secondary N) is 4. The van der Waals surface area contributed by atoms with Crippen LogP contribution in [-0.4, -0.2) is 54.8 Å². The van der Waals surface area contributed by atoms with Crippen LogP contribution in [0.4, 0.5) is 4.79 Å². The summed E-state index contributed by atoms with van der Waals surface area (Å²) in [7, 11) is 0. The third kappa shape index (κ3) is 10.3. The Morgan fingerprint density at radius 1 is 0.826 bits per heavy atom. The van der Waals surface area contributed by atoms with Gasteiger partial charge in [-0.2, -0.15) is 0 Å². The van der Waals surface area contributed by atoms with Crippen LogP contribution in [0.2, 0.25) is 0 Å². The molecule has 0 unspecified atom stereocenters. The van der Waals surface area contributed by atoms with Crippen molar-refractivity contribution in [2.75, 3.05) is 6.54 Å². The van der Waals surface area contributed by atoms with E-state index >= 15 is 0 Å². The molecule has 1 saturated heterocycles. The fourth-order valence-electron chi connectivity index (χ4n) is 5.40. The van der Waals surface area contributed by atoms with Gasteiger partial charge in [0, 0.05) is 18.9 Å². The van der Waals surface area contributed by atoms with Crippen LogP contribution in [0.5, 0.6) is 0 Å². The third-order valence-corrected chi connectivity index (χ3v) is 7.86. The molecule has 10 nitrogen and oxygen atoms in total. The number of benzene rings is 3. The van der Waals surface area contributed by atoms with Crippen molar-refractivity contribution in [3.63, 3.8) is 0 Å². The molecule has 242 valence electrons. The van der Waals surface area contributed by atoms with E-state index in [1.165, 1.54) is 0 Å². The van der Waals surface area contributed by atoms with Gasteiger partial charge in [0.05, 0.1) is 6.04 Å². The minimum atomic E-state index is -1.06. The van der Waals surface area contributed by atoms with Gasteiger partial charge in [0.25, 0.3) is 0 Å². The highest BCUT2D eigenvalue weighted by molar-refractivity contribution is 5.92. The zero-order chi connectivity index (χ0) is 32.9. The Kier molecular flexibility index (Phi) is 12.5. The summed E-state index contributed by atoms with van der Waals surface area (Å²) < 4.78 is 5.40. The van der Waals surface area contributed by atoms with Gasteiger partial charge < -0.3 is 30.8 Å². The summed E-state index contributed by atoms with van der Waals surface area (Å²) in [6.45, 7) is 4.39. The standard InChI is InChI=1S/C36H42N4O6/c1-24(2)19-31(34(43)38-30(22-41)21-29-17-18-37-33(29)42)39-35(44)32(40-36(45)46-23-26-9-5-3-6-10-26)20-25-13-15-28(16-14-25)27-11-7-4-8-12-27/h3-16,22,24,29-32H,17-21,23H2,1-2H3,(H,37,42)(H,38,43)(H,39,44)(H,40,45)/t29-,30-,31-,32-/m0/s1. The first-order chi connectivity index (χ1) is 22.2. The Bertz CT molecular complexity index is 1460. The Labute approximate surface area is 269 Å².